The summed E-state index contributed by atoms with van der Waals surface area (Å²) in [6, 6.07) is 8.33. The lowest BCUT2D eigenvalue weighted by atomic mass is 10.1. The lowest BCUT2D eigenvalue weighted by Gasteiger charge is -2.29. The van der Waals surface area contributed by atoms with Crippen LogP contribution in [-0.4, -0.2) is 65.6 Å². The first-order chi connectivity index (χ1) is 16.4. The summed E-state index contributed by atoms with van der Waals surface area (Å²) in [6.45, 7) is 7.68. The molecule has 0 unspecified atom stereocenters. The first-order valence-corrected chi connectivity index (χ1v) is 11.9. The van der Waals surface area contributed by atoms with Crippen LogP contribution >= 0.6 is 11.8 Å². The Hall–Kier alpha value is -3.24. The van der Waals surface area contributed by atoms with Crippen LogP contribution in [0.1, 0.15) is 35.1 Å². The number of anilines is 1. The van der Waals surface area contributed by atoms with Crippen LogP contribution in [0.4, 0.5) is 5.69 Å². The van der Waals surface area contributed by atoms with E-state index in [4.69, 9.17) is 9.47 Å². The molecule has 9 nitrogen and oxygen atoms in total. The number of aryl methyl sites for hydroxylation is 2. The van der Waals surface area contributed by atoms with Crippen LogP contribution in [0.2, 0.25) is 0 Å². The second kappa shape index (κ2) is 10.4. The molecule has 0 N–H and O–H groups in total. The number of carbonyl (C=O) groups is 3. The lowest BCUT2D eigenvalue weighted by Crippen LogP contribution is -2.40. The molecule has 2 aliphatic heterocycles. The highest BCUT2D eigenvalue weighted by molar-refractivity contribution is 8.04. The maximum Gasteiger partial charge on any atom is 0.340 e. The minimum atomic E-state index is -0.579. The van der Waals surface area contributed by atoms with Crippen molar-refractivity contribution < 1.29 is 23.9 Å². The molecule has 178 valence electrons. The molecule has 10 heteroatoms. The van der Waals surface area contributed by atoms with Crippen molar-refractivity contribution in [3.63, 3.8) is 0 Å². The molecule has 2 aliphatic rings. The number of amides is 2. The fourth-order valence-electron chi connectivity index (χ4n) is 3.82. The third-order valence-corrected chi connectivity index (χ3v) is 6.24. The molecular weight excluding hydrogens is 456 g/mol. The summed E-state index contributed by atoms with van der Waals surface area (Å²) >= 11 is 1.07. The van der Waals surface area contributed by atoms with Crippen LogP contribution in [0.3, 0.4) is 0 Å². The molecule has 0 spiro atoms. The number of nitrogens with zero attached hydrogens (tertiary/aromatic N) is 4. The number of benzene rings is 1. The minimum absolute atomic E-state index is 0.160. The molecule has 3 heterocycles. The second-order valence-electron chi connectivity index (χ2n) is 7.91. The topological polar surface area (TPSA) is 102 Å². The van der Waals surface area contributed by atoms with Crippen LogP contribution in [0, 0.1) is 13.8 Å². The first kappa shape index (κ1) is 23.9. The largest absolute Gasteiger partial charge is 0.462 e. The number of hydrogen-bond acceptors (Lipinski definition) is 9. The standard InChI is InChI=1S/C24H26N4O5S/c1-4-11-33-23(31)17-7-5-6-8-18(17)28-21(29)19(27-9-12-32-13-10-27)20(22(28)30)34-24-25-15(2)14-16(3)26-24/h5-8,14H,4,9-13H2,1-3H3. The maximum absolute atomic E-state index is 13.7. The monoisotopic (exact) mass is 482 g/mol. The number of para-hydroxylation sites is 1. The highest BCUT2D eigenvalue weighted by Crippen LogP contribution is 2.39. The van der Waals surface area contributed by atoms with Gasteiger partial charge in [0.15, 0.2) is 5.16 Å². The molecule has 1 aromatic carbocycles. The Morgan fingerprint density at radius 1 is 1.09 bits per heavy atom. The fraction of sp³-hybridized carbons (Fsp3) is 0.375. The SMILES string of the molecule is CCCOC(=O)c1ccccc1N1C(=O)C(Sc2nc(C)cc(C)n2)=C(N2CCOCC2)C1=O. The van der Waals surface area contributed by atoms with Gasteiger partial charge < -0.3 is 14.4 Å². The number of thioether (sulfide) groups is 1. The summed E-state index contributed by atoms with van der Waals surface area (Å²) in [6.07, 6.45) is 0.662. The van der Waals surface area contributed by atoms with Crippen LogP contribution in [0.25, 0.3) is 0 Å². The van der Waals surface area contributed by atoms with Gasteiger partial charge in [0, 0.05) is 24.5 Å². The van der Waals surface area contributed by atoms with Crippen LogP contribution in [-0.2, 0) is 19.1 Å². The Labute approximate surface area is 202 Å². The Balaban J connectivity index is 1.75. The van der Waals surface area contributed by atoms with E-state index in [1.54, 1.807) is 24.3 Å². The highest BCUT2D eigenvalue weighted by atomic mass is 32.2. The van der Waals surface area contributed by atoms with Gasteiger partial charge in [0.1, 0.15) is 10.6 Å². The van der Waals surface area contributed by atoms with Crippen LogP contribution in [0.5, 0.6) is 0 Å². The Kier molecular flexibility index (Phi) is 7.28. The predicted molar refractivity (Wildman–Crippen MR) is 126 cm³/mol. The summed E-state index contributed by atoms with van der Waals surface area (Å²) < 4.78 is 10.7. The number of morpholine rings is 1. The van der Waals surface area contributed by atoms with Gasteiger partial charge in [-0.05, 0) is 50.2 Å². The van der Waals surface area contributed by atoms with Crippen molar-refractivity contribution in [2.45, 2.75) is 32.3 Å². The average Bonchev–Trinajstić information content (AvgIpc) is 3.06. The zero-order valence-electron chi connectivity index (χ0n) is 19.4. The normalized spacial score (nSPS) is 16.4. The Morgan fingerprint density at radius 3 is 2.44 bits per heavy atom. The number of carbonyl (C=O) groups excluding carboxylic acids is 3. The molecule has 0 radical (unpaired) electrons. The molecule has 2 amide bonds. The van der Waals surface area contributed by atoms with E-state index in [0.717, 1.165) is 28.0 Å². The number of hydrogen-bond donors (Lipinski definition) is 0. The number of aromatic nitrogens is 2. The van der Waals surface area contributed by atoms with E-state index in [1.807, 2.05) is 31.7 Å². The smallest absolute Gasteiger partial charge is 0.340 e. The molecule has 4 rings (SSSR count). The van der Waals surface area contributed by atoms with Gasteiger partial charge in [0.05, 0.1) is 31.1 Å². The van der Waals surface area contributed by atoms with Crippen molar-refractivity contribution in [2.24, 2.45) is 0 Å². The molecule has 0 aliphatic carbocycles. The number of imide groups is 1. The van der Waals surface area contributed by atoms with E-state index in [-0.39, 0.29) is 28.5 Å². The molecule has 34 heavy (non-hydrogen) atoms. The summed E-state index contributed by atoms with van der Waals surface area (Å²) in [4.78, 5) is 52.1. The third kappa shape index (κ3) is 4.83. The van der Waals surface area contributed by atoms with Gasteiger partial charge in [0.25, 0.3) is 11.8 Å². The fourth-order valence-corrected chi connectivity index (χ4v) is 4.87. The van der Waals surface area contributed by atoms with Crippen molar-refractivity contribution in [3.05, 3.63) is 57.9 Å². The van der Waals surface area contributed by atoms with E-state index in [2.05, 4.69) is 9.97 Å². The van der Waals surface area contributed by atoms with Gasteiger partial charge in [-0.3, -0.25) is 9.59 Å². The van der Waals surface area contributed by atoms with E-state index in [1.165, 1.54) is 0 Å². The molecule has 0 bridgehead atoms. The van der Waals surface area contributed by atoms with Gasteiger partial charge in [0.2, 0.25) is 0 Å². The van der Waals surface area contributed by atoms with Crippen LogP contribution in [0.15, 0.2) is 46.1 Å². The van der Waals surface area contributed by atoms with E-state index >= 15 is 0 Å². The van der Waals surface area contributed by atoms with Gasteiger partial charge in [-0.2, -0.15) is 0 Å². The van der Waals surface area contributed by atoms with Gasteiger partial charge in [-0.15, -0.1) is 0 Å². The third-order valence-electron chi connectivity index (χ3n) is 5.30. The van der Waals surface area contributed by atoms with Crippen molar-refractivity contribution in [2.75, 3.05) is 37.8 Å². The quantitative estimate of drug-likeness (QED) is 0.335. The molecular formula is C24H26N4O5S. The zero-order valence-corrected chi connectivity index (χ0v) is 20.2. The Morgan fingerprint density at radius 2 is 1.76 bits per heavy atom. The molecule has 2 aromatic rings. The van der Waals surface area contributed by atoms with E-state index in [9.17, 15) is 14.4 Å². The summed E-state index contributed by atoms with van der Waals surface area (Å²) in [5, 5.41) is 0.386. The molecule has 0 atom stereocenters. The Bertz CT molecular complexity index is 1140. The number of ether oxygens (including phenoxy) is 2. The summed E-state index contributed by atoms with van der Waals surface area (Å²) in [5.41, 5.74) is 2.16. The molecule has 0 saturated carbocycles. The van der Waals surface area contributed by atoms with Gasteiger partial charge in [-0.25, -0.2) is 19.7 Å². The summed E-state index contributed by atoms with van der Waals surface area (Å²) in [7, 11) is 0. The second-order valence-corrected chi connectivity index (χ2v) is 8.89. The van der Waals surface area contributed by atoms with Crippen molar-refractivity contribution >= 4 is 35.2 Å². The average molecular weight is 483 g/mol. The number of rotatable bonds is 7. The summed E-state index contributed by atoms with van der Waals surface area (Å²) in [5.74, 6) is -1.59. The predicted octanol–water partition coefficient (Wildman–Crippen LogP) is 2.87. The van der Waals surface area contributed by atoms with Gasteiger partial charge >= 0.3 is 5.97 Å². The van der Waals surface area contributed by atoms with Crippen molar-refractivity contribution in [1.29, 1.82) is 0 Å². The van der Waals surface area contributed by atoms with Gasteiger partial charge in [-0.1, -0.05) is 19.1 Å². The lowest BCUT2D eigenvalue weighted by molar-refractivity contribution is -0.121. The molecule has 1 saturated heterocycles. The van der Waals surface area contributed by atoms with Crippen molar-refractivity contribution in [1.82, 2.24) is 14.9 Å². The molecule has 1 fully saturated rings. The van der Waals surface area contributed by atoms with E-state index in [0.29, 0.717) is 37.9 Å². The highest BCUT2D eigenvalue weighted by Gasteiger charge is 2.44. The van der Waals surface area contributed by atoms with Crippen molar-refractivity contribution in [3.8, 4) is 0 Å². The first-order valence-electron chi connectivity index (χ1n) is 11.1. The maximum atomic E-state index is 13.7. The van der Waals surface area contributed by atoms with Crippen LogP contribution < -0.4 is 4.90 Å². The zero-order chi connectivity index (χ0) is 24.2. The van der Waals surface area contributed by atoms with E-state index < -0.39 is 17.8 Å². The number of esters is 1. The minimum Gasteiger partial charge on any atom is -0.462 e. The molecule has 1 aromatic heterocycles.